The highest BCUT2D eigenvalue weighted by Crippen LogP contribution is 2.44. The number of carboxylic acid groups (broad SMARTS) is 1. The Bertz CT molecular complexity index is 610. The first-order valence-electron chi connectivity index (χ1n) is 8.32. The number of hydrogen-bond donors (Lipinski definition) is 1. The third kappa shape index (κ3) is 3.47. The quantitative estimate of drug-likeness (QED) is 0.862. The van der Waals surface area contributed by atoms with Crippen molar-refractivity contribution >= 4 is 11.9 Å². The molecule has 0 aromatic heterocycles. The summed E-state index contributed by atoms with van der Waals surface area (Å²) in [6.45, 7) is 2.51. The number of hydrogen-bond acceptors (Lipinski definition) is 4. The van der Waals surface area contributed by atoms with E-state index in [1.807, 2.05) is 0 Å². The Morgan fingerprint density at radius 2 is 1.79 bits per heavy atom. The lowest BCUT2D eigenvalue weighted by atomic mass is 9.92. The maximum absolute atomic E-state index is 12.6. The van der Waals surface area contributed by atoms with Crippen LogP contribution in [0.25, 0.3) is 0 Å². The van der Waals surface area contributed by atoms with Gasteiger partial charge in [0.2, 0.25) is 0 Å². The Morgan fingerprint density at radius 1 is 1.17 bits per heavy atom. The minimum absolute atomic E-state index is 0.0830. The summed E-state index contributed by atoms with van der Waals surface area (Å²) in [5.74, 6) is 0.448. The van der Waals surface area contributed by atoms with Gasteiger partial charge >= 0.3 is 5.97 Å². The number of carboxylic acids is 1. The van der Waals surface area contributed by atoms with Crippen molar-refractivity contribution in [2.24, 2.45) is 17.8 Å². The summed E-state index contributed by atoms with van der Waals surface area (Å²) in [4.78, 5) is 25.7. The average molecular weight is 333 g/mol. The summed E-state index contributed by atoms with van der Waals surface area (Å²) >= 11 is 0. The van der Waals surface area contributed by atoms with Crippen LogP contribution in [0.1, 0.15) is 19.8 Å². The minimum Gasteiger partial charge on any atom is -0.497 e. The summed E-state index contributed by atoms with van der Waals surface area (Å²) in [6.07, 6.45) is 1.51. The third-order valence-corrected chi connectivity index (χ3v) is 4.94. The molecule has 0 bridgehead atoms. The highest BCUT2D eigenvalue weighted by atomic mass is 16.5. The van der Waals surface area contributed by atoms with Crippen LogP contribution in [0.3, 0.4) is 0 Å². The molecule has 130 valence electrons. The zero-order valence-electron chi connectivity index (χ0n) is 14.0. The van der Waals surface area contributed by atoms with Crippen molar-refractivity contribution < 1.29 is 24.2 Å². The van der Waals surface area contributed by atoms with Crippen LogP contribution >= 0.6 is 0 Å². The second kappa shape index (κ2) is 6.71. The Kier molecular flexibility index (Phi) is 4.64. The topological polar surface area (TPSA) is 76.1 Å². The maximum Gasteiger partial charge on any atom is 0.308 e. The number of likely N-dealkylation sites (tertiary alicyclic amines) is 1. The highest BCUT2D eigenvalue weighted by molar-refractivity contribution is 5.82. The van der Waals surface area contributed by atoms with Gasteiger partial charge in [-0.1, -0.05) is 0 Å². The molecule has 1 saturated carbocycles. The van der Waals surface area contributed by atoms with Crippen molar-refractivity contribution in [3.63, 3.8) is 0 Å². The number of nitrogens with zero attached hydrogens (tertiary/aromatic N) is 1. The van der Waals surface area contributed by atoms with Gasteiger partial charge in [0.15, 0.2) is 6.10 Å². The monoisotopic (exact) mass is 333 g/mol. The molecule has 1 aliphatic carbocycles. The Hall–Kier alpha value is -2.24. The molecular formula is C18H23NO5. The predicted molar refractivity (Wildman–Crippen MR) is 87.0 cm³/mol. The molecule has 1 aromatic carbocycles. The minimum atomic E-state index is -0.800. The van der Waals surface area contributed by atoms with E-state index in [-0.39, 0.29) is 18.4 Å². The van der Waals surface area contributed by atoms with Crippen LogP contribution in [-0.4, -0.2) is 48.2 Å². The normalized spacial score (nSPS) is 24.5. The molecule has 6 heteroatoms. The van der Waals surface area contributed by atoms with Gasteiger partial charge in [0.05, 0.1) is 13.0 Å². The van der Waals surface area contributed by atoms with E-state index >= 15 is 0 Å². The van der Waals surface area contributed by atoms with Crippen LogP contribution in [-0.2, 0) is 9.59 Å². The predicted octanol–water partition coefficient (Wildman–Crippen LogP) is 2.03. The second-order valence-corrected chi connectivity index (χ2v) is 6.62. The maximum atomic E-state index is 12.6. The fraction of sp³-hybridized carbons (Fsp3) is 0.556. The first-order chi connectivity index (χ1) is 11.5. The number of ether oxygens (including phenoxy) is 2. The summed E-state index contributed by atoms with van der Waals surface area (Å²) < 4.78 is 10.8. The largest absolute Gasteiger partial charge is 0.497 e. The zero-order chi connectivity index (χ0) is 17.3. The van der Waals surface area contributed by atoms with E-state index in [0.717, 1.165) is 18.6 Å². The van der Waals surface area contributed by atoms with Gasteiger partial charge in [0.1, 0.15) is 11.5 Å². The van der Waals surface area contributed by atoms with Gasteiger partial charge in [-0.05, 0) is 55.9 Å². The molecule has 1 aliphatic heterocycles. The van der Waals surface area contributed by atoms with Crippen LogP contribution in [0.4, 0.5) is 0 Å². The summed E-state index contributed by atoms with van der Waals surface area (Å²) in [5, 5.41) is 9.40. The van der Waals surface area contributed by atoms with Crippen molar-refractivity contribution in [2.75, 3.05) is 20.2 Å². The molecule has 1 aromatic rings. The molecule has 2 fully saturated rings. The van der Waals surface area contributed by atoms with Crippen LogP contribution in [0.2, 0.25) is 0 Å². The van der Waals surface area contributed by atoms with E-state index in [1.165, 1.54) is 0 Å². The Balaban J connectivity index is 1.61. The standard InChI is InChI=1S/C18H23NO5/c1-11(24-14-7-5-13(23-2)6-8-14)17(20)19-9-15(12-3-4-12)16(10-19)18(21)22/h5-8,11-12,15-16H,3-4,9-10H2,1-2H3,(H,21,22)/t11?,15-,16+/m1/s1. The number of carbonyl (C=O) groups excluding carboxylic acids is 1. The van der Waals surface area contributed by atoms with Crippen LogP contribution in [0, 0.1) is 17.8 Å². The van der Waals surface area contributed by atoms with E-state index in [2.05, 4.69) is 0 Å². The molecule has 24 heavy (non-hydrogen) atoms. The molecule has 2 aliphatic rings. The van der Waals surface area contributed by atoms with E-state index in [0.29, 0.717) is 18.2 Å². The van der Waals surface area contributed by atoms with Gasteiger partial charge in [-0.25, -0.2) is 0 Å². The molecular weight excluding hydrogens is 310 g/mol. The average Bonchev–Trinajstić information content (AvgIpc) is 3.32. The van der Waals surface area contributed by atoms with Crippen molar-refractivity contribution in [2.45, 2.75) is 25.9 Å². The molecule has 0 radical (unpaired) electrons. The van der Waals surface area contributed by atoms with Gasteiger partial charge < -0.3 is 19.5 Å². The lowest BCUT2D eigenvalue weighted by molar-refractivity contribution is -0.143. The highest BCUT2D eigenvalue weighted by Gasteiger charge is 2.47. The van der Waals surface area contributed by atoms with Crippen LogP contribution in [0.5, 0.6) is 11.5 Å². The van der Waals surface area contributed by atoms with Gasteiger partial charge in [-0.3, -0.25) is 9.59 Å². The van der Waals surface area contributed by atoms with E-state index in [9.17, 15) is 14.7 Å². The fourth-order valence-corrected chi connectivity index (χ4v) is 3.44. The molecule has 0 spiro atoms. The second-order valence-electron chi connectivity index (χ2n) is 6.62. The SMILES string of the molecule is COc1ccc(OC(C)C(=O)N2C[C@H](C(=O)O)[C@@H](C3CC3)C2)cc1. The number of aliphatic carboxylic acids is 1. The number of benzene rings is 1. The van der Waals surface area contributed by atoms with Gasteiger partial charge in [0, 0.05) is 13.1 Å². The van der Waals surface area contributed by atoms with E-state index in [1.54, 1.807) is 43.2 Å². The molecule has 1 heterocycles. The van der Waals surface area contributed by atoms with Crippen LogP contribution in [0.15, 0.2) is 24.3 Å². The molecule has 1 saturated heterocycles. The number of rotatable bonds is 6. The molecule has 1 unspecified atom stereocenters. The number of carbonyl (C=O) groups is 2. The Labute approximate surface area is 141 Å². The summed E-state index contributed by atoms with van der Waals surface area (Å²) in [6, 6.07) is 7.04. The first-order valence-corrected chi connectivity index (χ1v) is 8.32. The van der Waals surface area contributed by atoms with Gasteiger partial charge in [-0.2, -0.15) is 0 Å². The van der Waals surface area contributed by atoms with Crippen molar-refractivity contribution in [1.82, 2.24) is 4.90 Å². The summed E-state index contributed by atoms with van der Waals surface area (Å²) in [7, 11) is 1.59. The van der Waals surface area contributed by atoms with Crippen molar-refractivity contribution in [3.8, 4) is 11.5 Å². The smallest absolute Gasteiger partial charge is 0.308 e. The number of methoxy groups -OCH3 is 1. The van der Waals surface area contributed by atoms with Crippen LogP contribution < -0.4 is 9.47 Å². The zero-order valence-corrected chi connectivity index (χ0v) is 14.0. The van der Waals surface area contributed by atoms with E-state index in [4.69, 9.17) is 9.47 Å². The van der Waals surface area contributed by atoms with Crippen molar-refractivity contribution in [3.05, 3.63) is 24.3 Å². The molecule has 1 N–H and O–H groups in total. The molecule has 3 rings (SSSR count). The van der Waals surface area contributed by atoms with Crippen molar-refractivity contribution in [1.29, 1.82) is 0 Å². The number of amides is 1. The van der Waals surface area contributed by atoms with Gasteiger partial charge in [0.25, 0.3) is 5.91 Å². The molecule has 6 nitrogen and oxygen atoms in total. The molecule has 1 amide bonds. The van der Waals surface area contributed by atoms with E-state index < -0.39 is 18.0 Å². The first kappa shape index (κ1) is 16.6. The fourth-order valence-electron chi connectivity index (χ4n) is 3.44. The Morgan fingerprint density at radius 3 is 2.33 bits per heavy atom. The lowest BCUT2D eigenvalue weighted by Crippen LogP contribution is -2.39. The lowest BCUT2D eigenvalue weighted by Gasteiger charge is -2.22. The third-order valence-electron chi connectivity index (χ3n) is 4.94. The molecule has 3 atom stereocenters. The summed E-state index contributed by atoms with van der Waals surface area (Å²) in [5.41, 5.74) is 0. The van der Waals surface area contributed by atoms with Gasteiger partial charge in [-0.15, -0.1) is 0 Å².